The Balaban J connectivity index is 1.40. The van der Waals surface area contributed by atoms with Gasteiger partial charge in [0.05, 0.1) is 6.10 Å². The molecule has 0 spiro atoms. The van der Waals surface area contributed by atoms with Crippen molar-refractivity contribution in [2.45, 2.75) is 57.2 Å². The van der Waals surface area contributed by atoms with Gasteiger partial charge in [-0.05, 0) is 67.3 Å². The second kappa shape index (κ2) is 8.45. The molecule has 3 heteroatoms. The predicted octanol–water partition coefficient (Wildman–Crippen LogP) is 5.72. The molecule has 2 bridgehead atoms. The maximum Gasteiger partial charge on any atom is 0.127 e. The first-order valence-corrected chi connectivity index (χ1v) is 10.4. The summed E-state index contributed by atoms with van der Waals surface area (Å²) in [5.74, 6) is 3.30. The summed E-state index contributed by atoms with van der Waals surface area (Å²) < 4.78 is 11.6. The second-order valence-corrected chi connectivity index (χ2v) is 8.10. The Kier molecular flexibility index (Phi) is 5.80. The molecular formula is C24H31NO2. The molecule has 1 N–H and O–H groups in total. The van der Waals surface area contributed by atoms with Crippen molar-refractivity contribution in [2.75, 3.05) is 7.11 Å². The summed E-state index contributed by atoms with van der Waals surface area (Å²) in [6, 6.07) is 19.6. The minimum atomic E-state index is 0.422. The number of nitrogens with one attached hydrogen (secondary N) is 1. The summed E-state index contributed by atoms with van der Waals surface area (Å²) in [5, 5.41) is 3.98. The molecule has 2 aromatic carbocycles. The first-order valence-electron chi connectivity index (χ1n) is 10.4. The number of methoxy groups -OCH3 is 1. The number of hydrogen-bond donors (Lipinski definition) is 1. The summed E-state index contributed by atoms with van der Waals surface area (Å²) in [5.41, 5.74) is 1.36. The SMILES string of the molecule is CCCC(NC1CC2CC1CC2OC)c1ccc(Oc2ccccc2)cc1. The Labute approximate surface area is 163 Å². The van der Waals surface area contributed by atoms with Gasteiger partial charge in [0.1, 0.15) is 11.5 Å². The Morgan fingerprint density at radius 3 is 2.30 bits per heavy atom. The van der Waals surface area contributed by atoms with Gasteiger partial charge in [0.15, 0.2) is 0 Å². The first kappa shape index (κ1) is 18.5. The van der Waals surface area contributed by atoms with Crippen molar-refractivity contribution in [3.63, 3.8) is 0 Å². The lowest BCUT2D eigenvalue weighted by molar-refractivity contribution is 0.0488. The molecule has 0 heterocycles. The standard InChI is InChI=1S/C24H31NO2/c1-3-7-22(25-23-15-19-14-18(23)16-24(19)26-2)17-10-12-21(13-11-17)27-20-8-5-4-6-9-20/h4-6,8-13,18-19,22-25H,3,7,14-16H2,1-2H3. The molecule has 2 aromatic rings. The smallest absolute Gasteiger partial charge is 0.127 e. The van der Waals surface area contributed by atoms with Crippen LogP contribution in [0.25, 0.3) is 0 Å². The first-order chi connectivity index (χ1) is 13.3. The third kappa shape index (κ3) is 4.20. The van der Waals surface area contributed by atoms with E-state index in [4.69, 9.17) is 9.47 Å². The van der Waals surface area contributed by atoms with E-state index in [0.717, 1.165) is 23.3 Å². The van der Waals surface area contributed by atoms with Crippen molar-refractivity contribution in [3.8, 4) is 11.5 Å². The molecule has 0 saturated heterocycles. The van der Waals surface area contributed by atoms with Crippen LogP contribution in [-0.2, 0) is 4.74 Å². The minimum absolute atomic E-state index is 0.422. The molecule has 2 aliphatic carbocycles. The summed E-state index contributed by atoms with van der Waals surface area (Å²) in [4.78, 5) is 0. The molecule has 2 aliphatic rings. The fraction of sp³-hybridized carbons (Fsp3) is 0.500. The van der Waals surface area contributed by atoms with Gasteiger partial charge in [0, 0.05) is 19.2 Å². The lowest BCUT2D eigenvalue weighted by Crippen LogP contribution is -2.39. The second-order valence-electron chi connectivity index (χ2n) is 8.10. The van der Waals surface area contributed by atoms with E-state index >= 15 is 0 Å². The van der Waals surface area contributed by atoms with Crippen LogP contribution in [0.4, 0.5) is 0 Å². The molecule has 0 radical (unpaired) electrons. The number of hydrogen-bond acceptors (Lipinski definition) is 3. The van der Waals surface area contributed by atoms with Crippen LogP contribution in [0, 0.1) is 11.8 Å². The Bertz CT molecular complexity index is 715. The molecule has 144 valence electrons. The number of ether oxygens (including phenoxy) is 2. The van der Waals surface area contributed by atoms with Crippen molar-refractivity contribution < 1.29 is 9.47 Å². The number of benzene rings is 2. The zero-order chi connectivity index (χ0) is 18.6. The molecular weight excluding hydrogens is 334 g/mol. The van der Waals surface area contributed by atoms with Gasteiger partial charge in [-0.25, -0.2) is 0 Å². The highest BCUT2D eigenvalue weighted by molar-refractivity contribution is 5.34. The van der Waals surface area contributed by atoms with E-state index in [2.05, 4.69) is 36.5 Å². The van der Waals surface area contributed by atoms with Crippen molar-refractivity contribution in [1.29, 1.82) is 0 Å². The quantitative estimate of drug-likeness (QED) is 0.649. The van der Waals surface area contributed by atoms with E-state index in [1.165, 1.54) is 37.7 Å². The summed E-state index contributed by atoms with van der Waals surface area (Å²) in [6.45, 7) is 2.27. The van der Waals surface area contributed by atoms with E-state index in [-0.39, 0.29) is 0 Å². The van der Waals surface area contributed by atoms with E-state index in [1.807, 2.05) is 37.4 Å². The number of rotatable bonds is 8. The van der Waals surface area contributed by atoms with Crippen LogP contribution in [0.3, 0.4) is 0 Å². The van der Waals surface area contributed by atoms with E-state index in [1.54, 1.807) is 0 Å². The van der Waals surface area contributed by atoms with Crippen LogP contribution in [0.1, 0.15) is 50.6 Å². The van der Waals surface area contributed by atoms with Crippen molar-refractivity contribution in [3.05, 3.63) is 60.2 Å². The predicted molar refractivity (Wildman–Crippen MR) is 109 cm³/mol. The lowest BCUT2D eigenvalue weighted by atomic mass is 9.91. The monoisotopic (exact) mass is 365 g/mol. The molecule has 5 unspecified atom stereocenters. The number of para-hydroxylation sites is 1. The van der Waals surface area contributed by atoms with Gasteiger partial charge in [0.25, 0.3) is 0 Å². The van der Waals surface area contributed by atoms with Crippen LogP contribution in [0.5, 0.6) is 11.5 Å². The molecule has 4 rings (SSSR count). The third-order valence-electron chi connectivity index (χ3n) is 6.35. The van der Waals surface area contributed by atoms with Crippen LogP contribution in [0.15, 0.2) is 54.6 Å². The fourth-order valence-electron chi connectivity index (χ4n) is 5.00. The zero-order valence-corrected chi connectivity index (χ0v) is 16.4. The minimum Gasteiger partial charge on any atom is -0.457 e. The Hall–Kier alpha value is -1.84. The van der Waals surface area contributed by atoms with Crippen molar-refractivity contribution >= 4 is 0 Å². The maximum absolute atomic E-state index is 5.94. The molecule has 5 atom stereocenters. The Morgan fingerprint density at radius 1 is 0.926 bits per heavy atom. The number of fused-ring (bicyclic) bond motifs is 2. The van der Waals surface area contributed by atoms with Gasteiger partial charge in [-0.1, -0.05) is 43.7 Å². The van der Waals surface area contributed by atoms with E-state index < -0.39 is 0 Å². The molecule has 2 saturated carbocycles. The normalized spacial score (nSPS) is 27.6. The third-order valence-corrected chi connectivity index (χ3v) is 6.35. The molecule has 0 aromatic heterocycles. The van der Waals surface area contributed by atoms with Crippen molar-refractivity contribution in [2.24, 2.45) is 11.8 Å². The highest BCUT2D eigenvalue weighted by Crippen LogP contribution is 2.46. The average molecular weight is 366 g/mol. The molecule has 0 amide bonds. The van der Waals surface area contributed by atoms with Gasteiger partial charge >= 0.3 is 0 Å². The van der Waals surface area contributed by atoms with Gasteiger partial charge < -0.3 is 14.8 Å². The summed E-state index contributed by atoms with van der Waals surface area (Å²) in [7, 11) is 1.87. The van der Waals surface area contributed by atoms with Gasteiger partial charge in [-0.3, -0.25) is 0 Å². The van der Waals surface area contributed by atoms with Crippen LogP contribution >= 0.6 is 0 Å². The van der Waals surface area contributed by atoms with Crippen LogP contribution in [0.2, 0.25) is 0 Å². The highest BCUT2D eigenvalue weighted by atomic mass is 16.5. The van der Waals surface area contributed by atoms with E-state index in [9.17, 15) is 0 Å². The summed E-state index contributed by atoms with van der Waals surface area (Å²) >= 11 is 0. The van der Waals surface area contributed by atoms with Gasteiger partial charge in [0.2, 0.25) is 0 Å². The molecule has 0 aliphatic heterocycles. The molecule has 27 heavy (non-hydrogen) atoms. The summed E-state index contributed by atoms with van der Waals surface area (Å²) in [6.07, 6.45) is 6.66. The molecule has 3 nitrogen and oxygen atoms in total. The Morgan fingerprint density at radius 2 is 1.67 bits per heavy atom. The van der Waals surface area contributed by atoms with Crippen molar-refractivity contribution in [1.82, 2.24) is 5.32 Å². The zero-order valence-electron chi connectivity index (χ0n) is 16.4. The van der Waals surface area contributed by atoms with Crippen LogP contribution < -0.4 is 10.1 Å². The fourth-order valence-corrected chi connectivity index (χ4v) is 5.00. The average Bonchev–Trinajstić information content (AvgIpc) is 3.29. The van der Waals surface area contributed by atoms with E-state index in [0.29, 0.717) is 18.2 Å². The topological polar surface area (TPSA) is 30.5 Å². The van der Waals surface area contributed by atoms with Crippen LogP contribution in [-0.4, -0.2) is 19.3 Å². The van der Waals surface area contributed by atoms with Gasteiger partial charge in [-0.2, -0.15) is 0 Å². The maximum atomic E-state index is 5.94. The highest BCUT2D eigenvalue weighted by Gasteiger charge is 2.46. The lowest BCUT2D eigenvalue weighted by Gasteiger charge is -2.31. The van der Waals surface area contributed by atoms with Gasteiger partial charge in [-0.15, -0.1) is 0 Å². The molecule has 2 fully saturated rings. The largest absolute Gasteiger partial charge is 0.457 e.